The van der Waals surface area contributed by atoms with E-state index < -0.39 is 0 Å². The maximum absolute atomic E-state index is 12.8. The molecule has 3 aromatic rings. The number of amides is 2. The molecular formula is C21H25N5O3. The molecule has 1 aromatic carbocycles. The topological polar surface area (TPSA) is 83.7 Å². The maximum atomic E-state index is 12.8. The van der Waals surface area contributed by atoms with Crippen LogP contribution in [0.4, 0.5) is 10.7 Å². The molecule has 1 N–H and O–H groups in total. The number of carbonyl (C=O) groups is 1. The minimum Gasteiger partial charge on any atom is -0.497 e. The van der Waals surface area contributed by atoms with Crippen LogP contribution in [0.5, 0.6) is 5.75 Å². The summed E-state index contributed by atoms with van der Waals surface area (Å²) in [7, 11) is 1.64. The van der Waals surface area contributed by atoms with E-state index in [1.807, 2.05) is 36.9 Å². The first-order valence-electron chi connectivity index (χ1n) is 9.71. The van der Waals surface area contributed by atoms with Gasteiger partial charge in [-0.1, -0.05) is 0 Å². The van der Waals surface area contributed by atoms with Crippen LogP contribution in [-0.4, -0.2) is 54.2 Å². The largest absolute Gasteiger partial charge is 0.497 e. The zero-order valence-corrected chi connectivity index (χ0v) is 16.9. The van der Waals surface area contributed by atoms with E-state index in [4.69, 9.17) is 9.15 Å². The highest BCUT2D eigenvalue weighted by atomic mass is 16.5. The molecule has 1 atom stereocenters. The summed E-state index contributed by atoms with van der Waals surface area (Å²) in [6.45, 7) is 6.58. The van der Waals surface area contributed by atoms with Crippen molar-refractivity contribution < 1.29 is 13.9 Å². The average Bonchev–Trinajstić information content (AvgIpc) is 3.10. The predicted molar refractivity (Wildman–Crippen MR) is 110 cm³/mol. The summed E-state index contributed by atoms with van der Waals surface area (Å²) in [4.78, 5) is 25.2. The van der Waals surface area contributed by atoms with E-state index in [1.54, 1.807) is 25.6 Å². The van der Waals surface area contributed by atoms with Crippen molar-refractivity contribution in [2.45, 2.75) is 19.9 Å². The number of urea groups is 1. The van der Waals surface area contributed by atoms with E-state index in [0.717, 1.165) is 28.0 Å². The number of ether oxygens (including phenoxy) is 1. The Balaban J connectivity index is 1.40. The number of hydrogen-bond donors (Lipinski definition) is 1. The predicted octanol–water partition coefficient (Wildman–Crippen LogP) is 3.13. The lowest BCUT2D eigenvalue weighted by Crippen LogP contribution is -2.52. The summed E-state index contributed by atoms with van der Waals surface area (Å²) in [6.07, 6.45) is 3.46. The smallest absolute Gasteiger partial charge is 0.318 e. The Labute approximate surface area is 169 Å². The Kier molecular flexibility index (Phi) is 5.24. The van der Waals surface area contributed by atoms with Crippen LogP contribution in [0.15, 0.2) is 41.1 Å². The molecule has 0 aliphatic carbocycles. The summed E-state index contributed by atoms with van der Waals surface area (Å²) >= 11 is 0. The Bertz CT molecular complexity index is 996. The highest BCUT2D eigenvalue weighted by molar-refractivity contribution is 5.84. The molecule has 152 valence electrons. The monoisotopic (exact) mass is 395 g/mol. The second kappa shape index (κ2) is 7.98. The first-order chi connectivity index (χ1) is 14.1. The lowest BCUT2D eigenvalue weighted by atomic mass is 10.1. The van der Waals surface area contributed by atoms with Crippen LogP contribution in [0.1, 0.15) is 24.3 Å². The number of nitrogens with one attached hydrogen (secondary N) is 1. The third-order valence-electron chi connectivity index (χ3n) is 5.32. The van der Waals surface area contributed by atoms with Gasteiger partial charge in [0.1, 0.15) is 17.1 Å². The van der Waals surface area contributed by atoms with E-state index >= 15 is 0 Å². The Hall–Kier alpha value is -3.29. The number of hydrogen-bond acceptors (Lipinski definition) is 6. The molecule has 3 heterocycles. The summed E-state index contributed by atoms with van der Waals surface area (Å²) < 4.78 is 11.3. The number of rotatable bonds is 4. The van der Waals surface area contributed by atoms with Crippen molar-refractivity contribution in [3.05, 3.63) is 48.0 Å². The molecule has 8 nitrogen and oxygen atoms in total. The quantitative estimate of drug-likeness (QED) is 0.731. The highest BCUT2D eigenvalue weighted by Crippen LogP contribution is 2.32. The molecule has 1 fully saturated rings. The lowest BCUT2D eigenvalue weighted by molar-refractivity contribution is 0.189. The number of fused-ring (bicyclic) bond motifs is 1. The molecule has 0 saturated carbocycles. The van der Waals surface area contributed by atoms with E-state index in [-0.39, 0.29) is 12.1 Å². The van der Waals surface area contributed by atoms with Crippen LogP contribution in [0.25, 0.3) is 11.0 Å². The summed E-state index contributed by atoms with van der Waals surface area (Å²) in [5.41, 5.74) is 1.80. The fourth-order valence-corrected chi connectivity index (χ4v) is 3.67. The Morgan fingerprint density at radius 3 is 2.62 bits per heavy atom. The number of anilines is 1. The van der Waals surface area contributed by atoms with Crippen molar-refractivity contribution in [2.75, 3.05) is 38.2 Å². The standard InChI is InChI=1S/C21H25N5O3/c1-14-17-13-16(28-3)5-6-18(17)29-19(14)15(2)24-21(27)26-11-9-25(10-12-26)20-22-7-4-8-23-20/h4-8,13,15H,9-12H2,1-3H3,(H,24,27). The first kappa shape index (κ1) is 19.0. The molecular weight excluding hydrogens is 370 g/mol. The number of aromatic nitrogens is 2. The van der Waals surface area contributed by atoms with Gasteiger partial charge >= 0.3 is 6.03 Å². The van der Waals surface area contributed by atoms with Gasteiger partial charge in [0.15, 0.2) is 0 Å². The third-order valence-corrected chi connectivity index (χ3v) is 5.32. The zero-order valence-electron chi connectivity index (χ0n) is 16.9. The SMILES string of the molecule is COc1ccc2oc(C(C)NC(=O)N3CCN(c4ncccn4)CC3)c(C)c2c1. The number of furan rings is 1. The van der Waals surface area contributed by atoms with Crippen LogP contribution in [0.2, 0.25) is 0 Å². The summed E-state index contributed by atoms with van der Waals surface area (Å²) in [6, 6.07) is 7.18. The van der Waals surface area contributed by atoms with Gasteiger partial charge in [0.2, 0.25) is 5.95 Å². The van der Waals surface area contributed by atoms with Gasteiger partial charge in [-0.15, -0.1) is 0 Å². The van der Waals surface area contributed by atoms with E-state index in [9.17, 15) is 4.79 Å². The van der Waals surface area contributed by atoms with Gasteiger partial charge in [0, 0.05) is 49.5 Å². The Morgan fingerprint density at radius 1 is 1.21 bits per heavy atom. The number of piperazine rings is 1. The summed E-state index contributed by atoms with van der Waals surface area (Å²) in [5.74, 6) is 2.25. The number of aryl methyl sites for hydroxylation is 1. The van der Waals surface area contributed by atoms with Gasteiger partial charge in [-0.2, -0.15) is 0 Å². The van der Waals surface area contributed by atoms with Gasteiger partial charge < -0.3 is 24.3 Å². The van der Waals surface area contributed by atoms with E-state index in [1.165, 1.54) is 0 Å². The van der Waals surface area contributed by atoms with Gasteiger partial charge in [0.25, 0.3) is 0 Å². The number of nitrogens with zero attached hydrogens (tertiary/aromatic N) is 4. The molecule has 0 radical (unpaired) electrons. The summed E-state index contributed by atoms with van der Waals surface area (Å²) in [5, 5.41) is 4.06. The minimum absolute atomic E-state index is 0.0939. The molecule has 2 amide bonds. The van der Waals surface area contributed by atoms with Crippen molar-refractivity contribution in [3.8, 4) is 5.75 Å². The molecule has 1 aliphatic rings. The van der Waals surface area contributed by atoms with Crippen molar-refractivity contribution in [1.82, 2.24) is 20.2 Å². The van der Waals surface area contributed by atoms with Crippen molar-refractivity contribution in [3.63, 3.8) is 0 Å². The van der Waals surface area contributed by atoms with E-state index in [0.29, 0.717) is 32.1 Å². The number of methoxy groups -OCH3 is 1. The average molecular weight is 395 g/mol. The molecule has 1 aliphatic heterocycles. The molecule has 8 heteroatoms. The minimum atomic E-state index is -0.239. The van der Waals surface area contributed by atoms with Crippen molar-refractivity contribution in [2.24, 2.45) is 0 Å². The van der Waals surface area contributed by atoms with Crippen molar-refractivity contribution >= 4 is 22.9 Å². The molecule has 29 heavy (non-hydrogen) atoms. The molecule has 4 rings (SSSR count). The van der Waals surface area contributed by atoms with Gasteiger partial charge in [-0.3, -0.25) is 0 Å². The molecule has 2 aromatic heterocycles. The van der Waals surface area contributed by atoms with Crippen LogP contribution in [-0.2, 0) is 0 Å². The normalized spacial score (nSPS) is 15.4. The maximum Gasteiger partial charge on any atom is 0.318 e. The number of carbonyl (C=O) groups excluding carboxylic acids is 1. The fourth-order valence-electron chi connectivity index (χ4n) is 3.67. The van der Waals surface area contributed by atoms with Crippen LogP contribution in [0.3, 0.4) is 0 Å². The molecule has 1 unspecified atom stereocenters. The van der Waals surface area contributed by atoms with E-state index in [2.05, 4.69) is 20.2 Å². The number of benzene rings is 1. The Morgan fingerprint density at radius 2 is 1.93 bits per heavy atom. The van der Waals surface area contributed by atoms with Crippen molar-refractivity contribution in [1.29, 1.82) is 0 Å². The van der Waals surface area contributed by atoms with Crippen LogP contribution in [0, 0.1) is 6.92 Å². The molecule has 0 bridgehead atoms. The highest BCUT2D eigenvalue weighted by Gasteiger charge is 2.25. The molecule has 0 spiro atoms. The van der Waals surface area contributed by atoms with Gasteiger partial charge in [-0.05, 0) is 38.1 Å². The fraction of sp³-hybridized carbons (Fsp3) is 0.381. The van der Waals surface area contributed by atoms with Gasteiger partial charge in [-0.25, -0.2) is 14.8 Å². The van der Waals surface area contributed by atoms with Crippen LogP contribution >= 0.6 is 0 Å². The zero-order chi connectivity index (χ0) is 20.4. The molecule has 1 saturated heterocycles. The van der Waals surface area contributed by atoms with Gasteiger partial charge in [0.05, 0.1) is 13.2 Å². The second-order valence-corrected chi connectivity index (χ2v) is 7.15. The third kappa shape index (κ3) is 3.83. The first-order valence-corrected chi connectivity index (χ1v) is 9.71. The lowest BCUT2D eigenvalue weighted by Gasteiger charge is -2.35. The van der Waals surface area contributed by atoms with Crippen LogP contribution < -0.4 is 15.0 Å². The second-order valence-electron chi connectivity index (χ2n) is 7.15.